The van der Waals surface area contributed by atoms with Crippen LogP contribution in [-0.2, 0) is 0 Å². The quantitative estimate of drug-likeness (QED) is 0.468. The van der Waals surface area contributed by atoms with Crippen LogP contribution < -0.4 is 19.6 Å². The molecule has 2 aromatic carbocycles. The molecule has 6 nitrogen and oxygen atoms in total. The number of nitrogens with one attached hydrogen (secondary N) is 1. The van der Waals surface area contributed by atoms with Crippen LogP contribution in [0.4, 0.5) is 0 Å². The number of ether oxygens (including phenoxy) is 3. The normalized spacial score (nSPS) is 10.7. The van der Waals surface area contributed by atoms with Crippen molar-refractivity contribution in [1.82, 2.24) is 5.43 Å². The number of carbonyl (C=O) groups is 1. The molecule has 2 aromatic rings. The molecule has 0 aromatic heterocycles. The van der Waals surface area contributed by atoms with E-state index in [-0.39, 0.29) is 5.91 Å². The van der Waals surface area contributed by atoms with Gasteiger partial charge in [0, 0.05) is 5.56 Å². The van der Waals surface area contributed by atoms with Gasteiger partial charge >= 0.3 is 0 Å². The smallest absolute Gasteiger partial charge is 0.271 e. The van der Waals surface area contributed by atoms with Gasteiger partial charge in [-0.2, -0.15) is 5.10 Å². The minimum absolute atomic E-state index is 0.300. The van der Waals surface area contributed by atoms with Crippen LogP contribution >= 0.6 is 15.9 Å². The van der Waals surface area contributed by atoms with E-state index in [2.05, 4.69) is 26.5 Å². The highest BCUT2D eigenvalue weighted by molar-refractivity contribution is 9.10. The van der Waals surface area contributed by atoms with Crippen LogP contribution in [0.15, 0.2) is 46.0 Å². The molecule has 0 atom stereocenters. The van der Waals surface area contributed by atoms with Gasteiger partial charge in [-0.25, -0.2) is 5.43 Å². The third kappa shape index (κ3) is 5.99. The summed E-state index contributed by atoms with van der Waals surface area (Å²) in [5, 5.41) is 4.01. The largest absolute Gasteiger partial charge is 0.494 e. The Bertz CT molecular complexity index is 791. The second-order valence-electron chi connectivity index (χ2n) is 5.54. The van der Waals surface area contributed by atoms with Crippen molar-refractivity contribution in [3.8, 4) is 17.2 Å². The van der Waals surface area contributed by atoms with E-state index >= 15 is 0 Å². The summed E-state index contributed by atoms with van der Waals surface area (Å²) < 4.78 is 17.1. The van der Waals surface area contributed by atoms with E-state index in [1.54, 1.807) is 43.7 Å². The minimum atomic E-state index is -0.300. The zero-order chi connectivity index (χ0) is 19.6. The van der Waals surface area contributed by atoms with Crippen LogP contribution in [0.5, 0.6) is 17.2 Å². The highest BCUT2D eigenvalue weighted by Crippen LogP contribution is 2.36. The van der Waals surface area contributed by atoms with Crippen LogP contribution in [-0.4, -0.2) is 32.4 Å². The van der Waals surface area contributed by atoms with E-state index in [1.807, 2.05) is 19.9 Å². The first-order valence-corrected chi connectivity index (χ1v) is 9.44. The van der Waals surface area contributed by atoms with Crippen LogP contribution in [0, 0.1) is 0 Å². The summed E-state index contributed by atoms with van der Waals surface area (Å²) in [4.78, 5) is 12.2. The molecule has 0 heterocycles. The first-order valence-electron chi connectivity index (χ1n) is 8.65. The highest BCUT2D eigenvalue weighted by atomic mass is 79.9. The lowest BCUT2D eigenvalue weighted by Crippen LogP contribution is -2.17. The van der Waals surface area contributed by atoms with Crippen molar-refractivity contribution in [3.05, 3.63) is 52.0 Å². The lowest BCUT2D eigenvalue weighted by Gasteiger charge is -2.11. The Morgan fingerprint density at radius 2 is 1.93 bits per heavy atom. The molecule has 0 saturated heterocycles. The predicted octanol–water partition coefficient (Wildman–Crippen LogP) is 4.41. The molecule has 0 fully saturated rings. The van der Waals surface area contributed by atoms with Crippen molar-refractivity contribution >= 4 is 28.1 Å². The van der Waals surface area contributed by atoms with Gasteiger partial charge in [-0.3, -0.25) is 4.79 Å². The van der Waals surface area contributed by atoms with Gasteiger partial charge in [-0.05, 0) is 71.2 Å². The average Bonchev–Trinajstić information content (AvgIpc) is 2.67. The number of hydrazone groups is 1. The van der Waals surface area contributed by atoms with E-state index in [0.717, 1.165) is 22.2 Å². The molecule has 1 amide bonds. The topological polar surface area (TPSA) is 69.2 Å². The third-order valence-electron chi connectivity index (χ3n) is 3.50. The van der Waals surface area contributed by atoms with Gasteiger partial charge in [0.05, 0.1) is 31.0 Å². The first kappa shape index (κ1) is 20.8. The standard InChI is InChI=1S/C20H23BrN2O4/c1-4-10-27-16-8-6-15(7-9-16)20(24)23-22-13-14-11-17(21)19(25-3)18(12-14)26-5-2/h6-9,11-13H,4-5,10H2,1-3H3,(H,23,24)/b22-13+. The molecule has 2 rings (SSSR count). The fourth-order valence-corrected chi connectivity index (χ4v) is 2.90. The Labute approximate surface area is 167 Å². The number of hydrogen-bond acceptors (Lipinski definition) is 5. The molecular formula is C20H23BrN2O4. The summed E-state index contributed by atoms with van der Waals surface area (Å²) in [6, 6.07) is 10.6. The summed E-state index contributed by atoms with van der Waals surface area (Å²) in [6.45, 7) is 5.10. The fourth-order valence-electron chi connectivity index (χ4n) is 2.28. The summed E-state index contributed by atoms with van der Waals surface area (Å²) in [5.41, 5.74) is 3.77. The summed E-state index contributed by atoms with van der Waals surface area (Å²) in [5.74, 6) is 1.66. The molecule has 0 spiro atoms. The monoisotopic (exact) mass is 434 g/mol. The number of carbonyl (C=O) groups excluding carboxylic acids is 1. The van der Waals surface area contributed by atoms with E-state index in [4.69, 9.17) is 14.2 Å². The van der Waals surface area contributed by atoms with Gasteiger partial charge in [-0.15, -0.1) is 0 Å². The second-order valence-corrected chi connectivity index (χ2v) is 6.39. The zero-order valence-corrected chi connectivity index (χ0v) is 17.2. The highest BCUT2D eigenvalue weighted by Gasteiger charge is 2.10. The summed E-state index contributed by atoms with van der Waals surface area (Å²) in [7, 11) is 1.58. The van der Waals surface area contributed by atoms with Crippen molar-refractivity contribution in [3.63, 3.8) is 0 Å². The molecule has 0 radical (unpaired) electrons. The number of hydrogen-bond donors (Lipinski definition) is 1. The first-order chi connectivity index (χ1) is 13.1. The number of amides is 1. The van der Waals surface area contributed by atoms with Crippen LogP contribution in [0.2, 0.25) is 0 Å². The van der Waals surface area contributed by atoms with Gasteiger partial charge in [0.2, 0.25) is 0 Å². The van der Waals surface area contributed by atoms with Crippen molar-refractivity contribution < 1.29 is 19.0 Å². The summed E-state index contributed by atoms with van der Waals surface area (Å²) >= 11 is 3.44. The van der Waals surface area contributed by atoms with Gasteiger partial charge in [0.25, 0.3) is 5.91 Å². The SMILES string of the molecule is CCCOc1ccc(C(=O)N/N=C/c2cc(Br)c(OC)c(OCC)c2)cc1. The molecular weight excluding hydrogens is 412 g/mol. The third-order valence-corrected chi connectivity index (χ3v) is 4.09. The maximum absolute atomic E-state index is 12.2. The molecule has 0 aliphatic rings. The van der Waals surface area contributed by atoms with E-state index < -0.39 is 0 Å². The van der Waals surface area contributed by atoms with Crippen molar-refractivity contribution in [1.29, 1.82) is 0 Å². The molecule has 7 heteroatoms. The Kier molecular flexibility index (Phi) is 8.13. The maximum Gasteiger partial charge on any atom is 0.271 e. The number of nitrogens with zero attached hydrogens (tertiary/aromatic N) is 1. The Morgan fingerprint density at radius 1 is 1.19 bits per heavy atom. The van der Waals surface area contributed by atoms with Crippen LogP contribution in [0.1, 0.15) is 36.2 Å². The van der Waals surface area contributed by atoms with E-state index in [9.17, 15) is 4.79 Å². The second kappa shape index (κ2) is 10.6. The van der Waals surface area contributed by atoms with Crippen molar-refractivity contribution in [2.24, 2.45) is 5.10 Å². The van der Waals surface area contributed by atoms with Gasteiger partial charge < -0.3 is 14.2 Å². The van der Waals surface area contributed by atoms with Gasteiger partial charge in [-0.1, -0.05) is 6.92 Å². The van der Waals surface area contributed by atoms with Crippen LogP contribution in [0.3, 0.4) is 0 Å². The van der Waals surface area contributed by atoms with Gasteiger partial charge in [0.1, 0.15) is 5.75 Å². The number of halogens is 1. The molecule has 1 N–H and O–H groups in total. The van der Waals surface area contributed by atoms with Crippen molar-refractivity contribution in [2.45, 2.75) is 20.3 Å². The Hall–Kier alpha value is -2.54. The van der Waals surface area contributed by atoms with Gasteiger partial charge in [0.15, 0.2) is 11.5 Å². The van der Waals surface area contributed by atoms with E-state index in [1.165, 1.54) is 0 Å². The average molecular weight is 435 g/mol. The van der Waals surface area contributed by atoms with Crippen molar-refractivity contribution in [2.75, 3.05) is 20.3 Å². The van der Waals surface area contributed by atoms with E-state index in [0.29, 0.717) is 30.3 Å². The Balaban J connectivity index is 2.03. The zero-order valence-electron chi connectivity index (χ0n) is 15.6. The molecule has 0 aliphatic carbocycles. The number of rotatable bonds is 9. The maximum atomic E-state index is 12.2. The number of benzene rings is 2. The molecule has 0 unspecified atom stereocenters. The summed E-state index contributed by atoms with van der Waals surface area (Å²) in [6.07, 6.45) is 2.48. The predicted molar refractivity (Wildman–Crippen MR) is 109 cm³/mol. The molecule has 144 valence electrons. The molecule has 27 heavy (non-hydrogen) atoms. The Morgan fingerprint density at radius 3 is 2.56 bits per heavy atom. The molecule has 0 bridgehead atoms. The lowest BCUT2D eigenvalue weighted by molar-refractivity contribution is 0.0955. The fraction of sp³-hybridized carbons (Fsp3) is 0.300. The molecule has 0 saturated carbocycles. The van der Waals surface area contributed by atoms with Crippen LogP contribution in [0.25, 0.3) is 0 Å². The lowest BCUT2D eigenvalue weighted by atomic mass is 10.2. The minimum Gasteiger partial charge on any atom is -0.494 e. The molecule has 0 aliphatic heterocycles. The number of methoxy groups -OCH3 is 1.